The predicted molar refractivity (Wildman–Crippen MR) is 86.5 cm³/mol. The summed E-state index contributed by atoms with van der Waals surface area (Å²) in [4.78, 5) is 11.5. The number of carbonyl (C=O) groups excluding carboxylic acids is 1. The monoisotopic (exact) mass is 316 g/mol. The van der Waals surface area contributed by atoms with Crippen LogP contribution in [0, 0.1) is 19.8 Å². The van der Waals surface area contributed by atoms with Gasteiger partial charge in [0.25, 0.3) is 0 Å². The van der Waals surface area contributed by atoms with E-state index < -0.39 is 0 Å². The Morgan fingerprint density at radius 3 is 2.68 bits per heavy atom. The minimum Gasteiger partial charge on any atom is -0.273 e. The molecule has 0 aliphatic heterocycles. The van der Waals surface area contributed by atoms with Crippen LogP contribution in [0.4, 0.5) is 0 Å². The molecule has 0 saturated heterocycles. The standard InChI is InChI=1S/C16H17ClN4O/c1-10-3-7-13(8-4-10)21-15(17)14(11(2)20-21)9-18-19-16(22)12-5-6-12/h3-4,7-9,12H,5-6H2,1-2H3,(H,19,22)/b18-9+. The van der Waals surface area contributed by atoms with Gasteiger partial charge in [0.2, 0.25) is 5.91 Å². The van der Waals surface area contributed by atoms with Crippen LogP contribution in [0.1, 0.15) is 29.7 Å². The van der Waals surface area contributed by atoms with E-state index in [-0.39, 0.29) is 11.8 Å². The van der Waals surface area contributed by atoms with Crippen molar-refractivity contribution in [3.63, 3.8) is 0 Å². The maximum Gasteiger partial charge on any atom is 0.243 e. The van der Waals surface area contributed by atoms with Gasteiger partial charge in [0.05, 0.1) is 23.2 Å². The molecule has 1 N–H and O–H groups in total. The highest BCUT2D eigenvalue weighted by Gasteiger charge is 2.29. The molecule has 0 radical (unpaired) electrons. The van der Waals surface area contributed by atoms with E-state index >= 15 is 0 Å². The average Bonchev–Trinajstić information content (AvgIpc) is 3.30. The van der Waals surface area contributed by atoms with Crippen LogP contribution in [-0.4, -0.2) is 21.9 Å². The first kappa shape index (κ1) is 14.8. The number of hydrogen-bond acceptors (Lipinski definition) is 3. The molecular formula is C16H17ClN4O. The lowest BCUT2D eigenvalue weighted by Gasteiger charge is -2.03. The summed E-state index contributed by atoms with van der Waals surface area (Å²) in [6, 6.07) is 7.94. The van der Waals surface area contributed by atoms with Crippen molar-refractivity contribution >= 4 is 23.7 Å². The van der Waals surface area contributed by atoms with Gasteiger partial charge in [0, 0.05) is 5.92 Å². The Balaban J connectivity index is 1.81. The molecule has 2 aromatic rings. The summed E-state index contributed by atoms with van der Waals surface area (Å²) in [6.45, 7) is 3.89. The molecule has 1 aromatic carbocycles. The Hall–Kier alpha value is -2.14. The molecule has 0 atom stereocenters. The number of halogens is 1. The summed E-state index contributed by atoms with van der Waals surface area (Å²) >= 11 is 6.39. The second-order valence-corrected chi connectivity index (χ2v) is 5.90. The second-order valence-electron chi connectivity index (χ2n) is 5.55. The lowest BCUT2D eigenvalue weighted by molar-refractivity contribution is -0.122. The van der Waals surface area contributed by atoms with Crippen LogP contribution in [0.25, 0.3) is 5.69 Å². The fourth-order valence-electron chi connectivity index (χ4n) is 2.11. The lowest BCUT2D eigenvalue weighted by atomic mass is 10.2. The van der Waals surface area contributed by atoms with Crippen molar-refractivity contribution in [2.24, 2.45) is 11.0 Å². The Labute approximate surface area is 134 Å². The van der Waals surface area contributed by atoms with Crippen molar-refractivity contribution in [2.75, 3.05) is 0 Å². The number of carbonyl (C=O) groups is 1. The van der Waals surface area contributed by atoms with Gasteiger partial charge in [-0.1, -0.05) is 29.3 Å². The zero-order valence-corrected chi connectivity index (χ0v) is 13.3. The smallest absolute Gasteiger partial charge is 0.243 e. The van der Waals surface area contributed by atoms with Crippen molar-refractivity contribution in [1.29, 1.82) is 0 Å². The van der Waals surface area contributed by atoms with E-state index in [1.54, 1.807) is 10.9 Å². The van der Waals surface area contributed by atoms with E-state index in [0.29, 0.717) is 10.7 Å². The third-order valence-electron chi connectivity index (χ3n) is 3.64. The molecule has 1 heterocycles. The minimum absolute atomic E-state index is 0.0315. The molecule has 0 spiro atoms. The Morgan fingerprint density at radius 2 is 2.05 bits per heavy atom. The van der Waals surface area contributed by atoms with Crippen molar-refractivity contribution in [3.8, 4) is 5.69 Å². The molecule has 1 aliphatic rings. The van der Waals surface area contributed by atoms with Crippen LogP contribution in [0.3, 0.4) is 0 Å². The molecule has 5 nitrogen and oxygen atoms in total. The molecule has 0 bridgehead atoms. The highest BCUT2D eigenvalue weighted by atomic mass is 35.5. The normalized spacial score (nSPS) is 14.5. The molecule has 114 valence electrons. The first-order chi connectivity index (χ1) is 10.6. The fraction of sp³-hybridized carbons (Fsp3) is 0.312. The number of aromatic nitrogens is 2. The molecular weight excluding hydrogens is 300 g/mol. The summed E-state index contributed by atoms with van der Waals surface area (Å²) in [7, 11) is 0. The molecule has 0 unspecified atom stereocenters. The molecule has 1 aromatic heterocycles. The molecule has 6 heteroatoms. The van der Waals surface area contributed by atoms with E-state index in [1.807, 2.05) is 38.1 Å². The van der Waals surface area contributed by atoms with E-state index in [4.69, 9.17) is 11.6 Å². The van der Waals surface area contributed by atoms with Gasteiger partial charge >= 0.3 is 0 Å². The summed E-state index contributed by atoms with van der Waals surface area (Å²) < 4.78 is 1.67. The van der Waals surface area contributed by atoms with Gasteiger partial charge in [-0.15, -0.1) is 0 Å². The summed E-state index contributed by atoms with van der Waals surface area (Å²) in [5.41, 5.74) is 6.07. The molecule has 22 heavy (non-hydrogen) atoms. The Morgan fingerprint density at radius 1 is 1.36 bits per heavy atom. The van der Waals surface area contributed by atoms with Crippen molar-refractivity contribution in [2.45, 2.75) is 26.7 Å². The maximum absolute atomic E-state index is 11.5. The number of hydrogen-bond donors (Lipinski definition) is 1. The fourth-order valence-corrected chi connectivity index (χ4v) is 2.43. The maximum atomic E-state index is 11.5. The van der Waals surface area contributed by atoms with Gasteiger partial charge in [-0.2, -0.15) is 10.2 Å². The summed E-state index contributed by atoms with van der Waals surface area (Å²) in [5, 5.41) is 8.90. The van der Waals surface area contributed by atoms with Gasteiger partial charge in [0.15, 0.2) is 0 Å². The van der Waals surface area contributed by atoms with Crippen LogP contribution >= 0.6 is 11.6 Å². The van der Waals surface area contributed by atoms with Crippen LogP contribution in [0.5, 0.6) is 0 Å². The first-order valence-corrected chi connectivity index (χ1v) is 7.59. The third-order valence-corrected chi connectivity index (χ3v) is 4.01. The van der Waals surface area contributed by atoms with Crippen LogP contribution < -0.4 is 5.43 Å². The Kier molecular flexibility index (Phi) is 3.98. The van der Waals surface area contributed by atoms with Crippen LogP contribution in [0.2, 0.25) is 5.15 Å². The largest absolute Gasteiger partial charge is 0.273 e. The summed E-state index contributed by atoms with van der Waals surface area (Å²) in [5.74, 6) is 0.0972. The minimum atomic E-state index is -0.0315. The first-order valence-electron chi connectivity index (χ1n) is 7.21. The zero-order chi connectivity index (χ0) is 15.7. The molecule has 1 fully saturated rings. The van der Waals surface area contributed by atoms with Crippen molar-refractivity contribution in [3.05, 3.63) is 46.2 Å². The average molecular weight is 317 g/mol. The molecule has 1 saturated carbocycles. The highest BCUT2D eigenvalue weighted by Crippen LogP contribution is 2.28. The number of aryl methyl sites for hydroxylation is 2. The highest BCUT2D eigenvalue weighted by molar-refractivity contribution is 6.32. The van der Waals surface area contributed by atoms with Gasteiger partial charge in [-0.3, -0.25) is 4.79 Å². The van der Waals surface area contributed by atoms with Crippen molar-refractivity contribution < 1.29 is 4.79 Å². The van der Waals surface area contributed by atoms with E-state index in [2.05, 4.69) is 15.6 Å². The van der Waals surface area contributed by atoms with Gasteiger partial charge in [-0.25, -0.2) is 10.1 Å². The number of hydrazone groups is 1. The lowest BCUT2D eigenvalue weighted by Crippen LogP contribution is -2.19. The van der Waals surface area contributed by atoms with Crippen LogP contribution in [0.15, 0.2) is 29.4 Å². The van der Waals surface area contributed by atoms with Crippen molar-refractivity contribution in [1.82, 2.24) is 15.2 Å². The number of nitrogens with zero attached hydrogens (tertiary/aromatic N) is 3. The SMILES string of the molecule is Cc1ccc(-n2nc(C)c(/C=N/NC(=O)C3CC3)c2Cl)cc1. The predicted octanol–water partition coefficient (Wildman–Crippen LogP) is 3.00. The van der Waals surface area contributed by atoms with Gasteiger partial charge < -0.3 is 0 Å². The van der Waals surface area contributed by atoms with Crippen LogP contribution in [-0.2, 0) is 4.79 Å². The topological polar surface area (TPSA) is 59.3 Å². The molecule has 3 rings (SSSR count). The quantitative estimate of drug-likeness (QED) is 0.696. The van der Waals surface area contributed by atoms with E-state index in [1.165, 1.54) is 5.56 Å². The second kappa shape index (κ2) is 5.93. The van der Waals surface area contributed by atoms with E-state index in [9.17, 15) is 4.79 Å². The number of benzene rings is 1. The number of rotatable bonds is 4. The summed E-state index contributed by atoms with van der Waals surface area (Å²) in [6.07, 6.45) is 3.45. The number of amides is 1. The Bertz CT molecular complexity index is 729. The van der Waals surface area contributed by atoms with Gasteiger partial charge in [-0.05, 0) is 38.8 Å². The zero-order valence-electron chi connectivity index (χ0n) is 12.5. The third kappa shape index (κ3) is 3.04. The van der Waals surface area contributed by atoms with E-state index in [0.717, 1.165) is 24.2 Å². The van der Waals surface area contributed by atoms with Gasteiger partial charge in [0.1, 0.15) is 5.15 Å². The molecule has 1 amide bonds. The molecule has 1 aliphatic carbocycles. The number of nitrogens with one attached hydrogen (secondary N) is 1.